The van der Waals surface area contributed by atoms with Crippen molar-refractivity contribution in [1.29, 1.82) is 0 Å². The number of benzene rings is 11. The minimum Gasteiger partial charge on any atom is -0.310 e. The van der Waals surface area contributed by atoms with Crippen LogP contribution in [-0.4, -0.2) is 4.57 Å². The maximum atomic E-state index is 2.42. The molecular weight excluding hydrogens is 797 g/mol. The van der Waals surface area contributed by atoms with E-state index in [0.29, 0.717) is 0 Å². The first-order valence-corrected chi connectivity index (χ1v) is 22.7. The van der Waals surface area contributed by atoms with Gasteiger partial charge in [0.05, 0.1) is 11.0 Å². The Morgan fingerprint density at radius 1 is 0.258 bits per heavy atom. The van der Waals surface area contributed by atoms with Crippen LogP contribution >= 0.6 is 0 Å². The summed E-state index contributed by atoms with van der Waals surface area (Å²) in [6.07, 6.45) is 0. The smallest absolute Gasteiger partial charge is 0.0553 e. The third kappa shape index (κ3) is 7.12. The zero-order valence-electron chi connectivity index (χ0n) is 36.3. The van der Waals surface area contributed by atoms with Crippen LogP contribution in [0.25, 0.3) is 93.9 Å². The van der Waals surface area contributed by atoms with Crippen LogP contribution in [0.4, 0.5) is 17.1 Å². The molecule has 0 atom stereocenters. The van der Waals surface area contributed by atoms with Gasteiger partial charge in [0.15, 0.2) is 0 Å². The summed E-state index contributed by atoms with van der Waals surface area (Å²) in [7, 11) is 0. The summed E-state index contributed by atoms with van der Waals surface area (Å²) in [6.45, 7) is 0. The van der Waals surface area contributed by atoms with Crippen LogP contribution in [0.15, 0.2) is 267 Å². The molecule has 0 radical (unpaired) electrons. The van der Waals surface area contributed by atoms with Crippen molar-refractivity contribution in [1.82, 2.24) is 4.57 Å². The van der Waals surface area contributed by atoms with Crippen LogP contribution in [0.1, 0.15) is 0 Å². The molecule has 0 saturated carbocycles. The maximum absolute atomic E-state index is 2.42. The van der Waals surface area contributed by atoms with Crippen molar-refractivity contribution >= 4 is 49.6 Å². The third-order valence-electron chi connectivity index (χ3n) is 12.9. The number of nitrogens with zero attached hydrogens (tertiary/aromatic N) is 2. The molecule has 0 N–H and O–H groups in total. The Hall–Kier alpha value is -8.72. The van der Waals surface area contributed by atoms with Gasteiger partial charge in [-0.15, -0.1) is 0 Å². The van der Waals surface area contributed by atoms with Crippen molar-refractivity contribution in [2.24, 2.45) is 0 Å². The van der Waals surface area contributed by atoms with Gasteiger partial charge in [-0.05, 0) is 139 Å². The lowest BCUT2D eigenvalue weighted by atomic mass is 9.92. The van der Waals surface area contributed by atoms with E-state index < -0.39 is 0 Å². The van der Waals surface area contributed by atoms with Crippen LogP contribution in [0.3, 0.4) is 0 Å². The summed E-state index contributed by atoms with van der Waals surface area (Å²) < 4.78 is 2.42. The Kier molecular flexibility index (Phi) is 9.89. The molecule has 11 aromatic carbocycles. The van der Waals surface area contributed by atoms with Crippen LogP contribution in [0.2, 0.25) is 0 Å². The number of anilines is 3. The fraction of sp³-hybridized carbons (Fsp3) is 0. The van der Waals surface area contributed by atoms with Crippen molar-refractivity contribution in [2.45, 2.75) is 0 Å². The molecule has 0 aliphatic heterocycles. The van der Waals surface area contributed by atoms with E-state index in [1.54, 1.807) is 0 Å². The Morgan fingerprint density at radius 3 is 1.27 bits per heavy atom. The highest BCUT2D eigenvalue weighted by molar-refractivity contribution is 6.23. The molecule has 0 spiro atoms. The maximum Gasteiger partial charge on any atom is 0.0553 e. The fourth-order valence-electron chi connectivity index (χ4n) is 9.82. The zero-order valence-corrected chi connectivity index (χ0v) is 36.3. The first-order chi connectivity index (χ1) is 32.7. The van der Waals surface area contributed by atoms with E-state index in [1.165, 1.54) is 88.2 Å². The molecule has 1 aromatic heterocycles. The molecule has 2 heteroatoms. The molecule has 0 bridgehead atoms. The van der Waals surface area contributed by atoms with Crippen LogP contribution in [0, 0.1) is 0 Å². The van der Waals surface area contributed by atoms with Gasteiger partial charge in [-0.2, -0.15) is 0 Å². The van der Waals surface area contributed by atoms with E-state index in [-0.39, 0.29) is 0 Å². The van der Waals surface area contributed by atoms with Crippen molar-refractivity contribution in [3.8, 4) is 61.3 Å². The Labute approximate surface area is 385 Å². The highest BCUT2D eigenvalue weighted by atomic mass is 15.1. The molecule has 1 heterocycles. The van der Waals surface area contributed by atoms with Crippen LogP contribution < -0.4 is 4.90 Å². The van der Waals surface area contributed by atoms with Crippen molar-refractivity contribution in [3.05, 3.63) is 267 Å². The molecule has 0 amide bonds. The Bertz CT molecular complexity index is 3540. The predicted octanol–water partition coefficient (Wildman–Crippen LogP) is 17.7. The van der Waals surface area contributed by atoms with Gasteiger partial charge in [-0.3, -0.25) is 0 Å². The first-order valence-electron chi connectivity index (χ1n) is 22.7. The highest BCUT2D eigenvalue weighted by Crippen LogP contribution is 2.45. The van der Waals surface area contributed by atoms with E-state index in [0.717, 1.165) is 22.7 Å². The van der Waals surface area contributed by atoms with Crippen molar-refractivity contribution in [2.75, 3.05) is 4.90 Å². The minimum absolute atomic E-state index is 1.08. The second-order valence-electron chi connectivity index (χ2n) is 16.9. The Balaban J connectivity index is 1.01. The van der Waals surface area contributed by atoms with Gasteiger partial charge in [0.25, 0.3) is 0 Å². The monoisotopic (exact) mass is 840 g/mol. The predicted molar refractivity (Wildman–Crippen MR) is 280 cm³/mol. The summed E-state index contributed by atoms with van der Waals surface area (Å²) in [6, 6.07) is 96.9. The first kappa shape index (κ1) is 38.9. The van der Waals surface area contributed by atoms with Gasteiger partial charge in [-0.1, -0.05) is 194 Å². The van der Waals surface area contributed by atoms with Gasteiger partial charge < -0.3 is 9.47 Å². The second kappa shape index (κ2) is 16.8. The van der Waals surface area contributed by atoms with Crippen molar-refractivity contribution < 1.29 is 0 Å². The average molecular weight is 841 g/mol. The van der Waals surface area contributed by atoms with E-state index >= 15 is 0 Å². The second-order valence-corrected chi connectivity index (χ2v) is 16.9. The van der Waals surface area contributed by atoms with E-state index in [9.17, 15) is 0 Å². The lowest BCUT2D eigenvalue weighted by molar-refractivity contribution is 1.18. The number of hydrogen-bond donors (Lipinski definition) is 0. The summed E-state index contributed by atoms with van der Waals surface area (Å²) in [5.74, 6) is 0. The van der Waals surface area contributed by atoms with Gasteiger partial charge in [0.1, 0.15) is 0 Å². The molecule has 310 valence electrons. The molecule has 0 aliphatic rings. The van der Waals surface area contributed by atoms with Crippen LogP contribution in [-0.2, 0) is 0 Å². The Morgan fingerprint density at radius 2 is 0.697 bits per heavy atom. The number of aromatic nitrogens is 1. The van der Waals surface area contributed by atoms with E-state index in [4.69, 9.17) is 0 Å². The standard InChI is InChI=1S/C64H44N2/c1-4-17-45(18-5-1)49-22-14-24-51(41-49)47-33-37-56(38-34-47)65(57-39-35-48(36-40-57)52-25-15-23-50(42-52)46-19-6-2-7-20-46)58-29-16-26-54(43-58)63-59-30-11-10-21-53(59)44-62-64(63)60-31-12-13-32-61(60)66(62)55-27-8-3-9-28-55/h1-44H. The highest BCUT2D eigenvalue weighted by Gasteiger charge is 2.21. The fourth-order valence-corrected chi connectivity index (χ4v) is 9.82. The number of para-hydroxylation sites is 2. The summed E-state index contributed by atoms with van der Waals surface area (Å²) in [5, 5.41) is 4.93. The quantitative estimate of drug-likeness (QED) is 0.141. The molecular formula is C64H44N2. The number of fused-ring (bicyclic) bond motifs is 4. The number of rotatable bonds is 9. The third-order valence-corrected chi connectivity index (χ3v) is 12.9. The van der Waals surface area contributed by atoms with Gasteiger partial charge >= 0.3 is 0 Å². The van der Waals surface area contributed by atoms with E-state index in [1.807, 2.05) is 0 Å². The molecule has 12 rings (SSSR count). The van der Waals surface area contributed by atoms with Crippen molar-refractivity contribution in [3.63, 3.8) is 0 Å². The average Bonchev–Trinajstić information content (AvgIpc) is 3.73. The molecule has 0 saturated heterocycles. The topological polar surface area (TPSA) is 8.17 Å². The molecule has 12 aromatic rings. The summed E-state index contributed by atoms with van der Waals surface area (Å²) in [5.41, 5.74) is 18.7. The molecule has 0 unspecified atom stereocenters. The van der Waals surface area contributed by atoms with Gasteiger partial charge in [0.2, 0.25) is 0 Å². The SMILES string of the molecule is c1ccc(-c2cccc(-c3ccc(N(c4ccc(-c5cccc(-c6ccccc6)c5)cc4)c4cccc(-c5c6ccccc6cc6c5c5ccccc5n6-c5ccccc5)c4)cc3)c2)cc1. The summed E-state index contributed by atoms with van der Waals surface area (Å²) in [4.78, 5) is 2.40. The largest absolute Gasteiger partial charge is 0.310 e. The summed E-state index contributed by atoms with van der Waals surface area (Å²) >= 11 is 0. The minimum atomic E-state index is 1.08. The van der Waals surface area contributed by atoms with Gasteiger partial charge in [0, 0.05) is 33.5 Å². The molecule has 0 fully saturated rings. The number of hydrogen-bond acceptors (Lipinski definition) is 1. The zero-order chi connectivity index (χ0) is 43.8. The molecule has 2 nitrogen and oxygen atoms in total. The van der Waals surface area contributed by atoms with Crippen LogP contribution in [0.5, 0.6) is 0 Å². The van der Waals surface area contributed by atoms with Gasteiger partial charge in [-0.25, -0.2) is 0 Å². The lowest BCUT2D eigenvalue weighted by Gasteiger charge is -2.27. The lowest BCUT2D eigenvalue weighted by Crippen LogP contribution is -2.10. The van der Waals surface area contributed by atoms with E-state index in [2.05, 4.69) is 276 Å². The molecule has 66 heavy (non-hydrogen) atoms. The molecule has 0 aliphatic carbocycles. The normalized spacial score (nSPS) is 11.3.